The number of benzene rings is 2. The van der Waals surface area contributed by atoms with E-state index in [2.05, 4.69) is 22.9 Å². The Balaban J connectivity index is 1.68. The fourth-order valence-corrected chi connectivity index (χ4v) is 5.16. The van der Waals surface area contributed by atoms with E-state index in [1.807, 2.05) is 30.3 Å². The van der Waals surface area contributed by atoms with E-state index in [-0.39, 0.29) is 26.8 Å². The van der Waals surface area contributed by atoms with E-state index in [0.717, 1.165) is 32.1 Å². The van der Waals surface area contributed by atoms with Gasteiger partial charge in [-0.25, -0.2) is 0 Å². The van der Waals surface area contributed by atoms with E-state index < -0.39 is 5.54 Å². The number of fused-ring (bicyclic) bond motifs is 1. The number of hydrogen-bond donors (Lipinski definition) is 0. The standard InChI is InChI=1S/C22H19NO2Se/c24-20-18-11-5-6-12-19(18)21(25)23(20)22(13-7-2-8-14-22)15-16-26-17-9-3-1-4-10-17/h1,3-6,9-12H,2,7-8,13-14H2. The van der Waals surface area contributed by atoms with Crippen LogP contribution >= 0.6 is 0 Å². The van der Waals surface area contributed by atoms with Crippen LogP contribution in [0.3, 0.4) is 0 Å². The van der Waals surface area contributed by atoms with Gasteiger partial charge in [-0.3, -0.25) is 0 Å². The van der Waals surface area contributed by atoms with Gasteiger partial charge in [-0.1, -0.05) is 0 Å². The minimum absolute atomic E-state index is 0.0182. The van der Waals surface area contributed by atoms with Crippen LogP contribution in [0.5, 0.6) is 0 Å². The molecule has 0 saturated heterocycles. The van der Waals surface area contributed by atoms with Crippen molar-refractivity contribution in [3.05, 3.63) is 65.7 Å². The number of carbonyl (C=O) groups is 2. The second-order valence-corrected chi connectivity index (χ2v) is 8.57. The molecule has 1 aliphatic heterocycles. The Kier molecular flexibility index (Phi) is 4.68. The van der Waals surface area contributed by atoms with Gasteiger partial charge in [0.2, 0.25) is 0 Å². The summed E-state index contributed by atoms with van der Waals surface area (Å²) in [5.74, 6) is 3.01. The van der Waals surface area contributed by atoms with E-state index in [0.29, 0.717) is 11.1 Å². The molecule has 0 bridgehead atoms. The van der Waals surface area contributed by atoms with Gasteiger partial charge in [0.05, 0.1) is 0 Å². The van der Waals surface area contributed by atoms with E-state index in [1.54, 1.807) is 12.1 Å². The number of nitrogens with zero attached hydrogens (tertiary/aromatic N) is 1. The van der Waals surface area contributed by atoms with Crippen molar-refractivity contribution in [1.29, 1.82) is 0 Å². The fraction of sp³-hybridized carbons (Fsp3) is 0.273. The zero-order valence-electron chi connectivity index (χ0n) is 14.4. The number of carbonyl (C=O) groups excluding carboxylic acids is 2. The molecular formula is C22H19NO2Se. The molecule has 2 aromatic carbocycles. The van der Waals surface area contributed by atoms with Crippen molar-refractivity contribution in [1.82, 2.24) is 4.90 Å². The Morgan fingerprint density at radius 1 is 0.808 bits per heavy atom. The predicted octanol–water partition coefficient (Wildman–Crippen LogP) is 2.98. The van der Waals surface area contributed by atoms with Crippen molar-refractivity contribution in [2.24, 2.45) is 0 Å². The molecule has 26 heavy (non-hydrogen) atoms. The molecule has 3 nitrogen and oxygen atoms in total. The summed E-state index contributed by atoms with van der Waals surface area (Å²) >= 11 is 0.0182. The van der Waals surface area contributed by atoms with Crippen LogP contribution in [0.2, 0.25) is 0 Å². The SMILES string of the molecule is O=C1c2ccccc2C(=O)N1C1(C#C[Se]c2ccccc2)CCCCC1. The number of imide groups is 1. The zero-order valence-corrected chi connectivity index (χ0v) is 16.1. The Hall–Kier alpha value is -2.34. The van der Waals surface area contributed by atoms with Crippen LogP contribution in [-0.2, 0) is 0 Å². The van der Waals surface area contributed by atoms with Gasteiger partial charge in [0, 0.05) is 0 Å². The number of amides is 2. The molecule has 0 unspecified atom stereocenters. The first-order chi connectivity index (χ1) is 12.7. The molecule has 130 valence electrons. The van der Waals surface area contributed by atoms with Crippen LogP contribution in [0, 0.1) is 10.7 Å². The summed E-state index contributed by atoms with van der Waals surface area (Å²) in [4.78, 5) is 30.8. The normalized spacial score (nSPS) is 18.2. The van der Waals surface area contributed by atoms with E-state index in [4.69, 9.17) is 0 Å². The molecule has 1 heterocycles. The van der Waals surface area contributed by atoms with Gasteiger partial charge in [0.1, 0.15) is 0 Å². The Bertz CT molecular complexity index is 869. The topological polar surface area (TPSA) is 37.4 Å². The van der Waals surface area contributed by atoms with Crippen molar-refractivity contribution in [2.45, 2.75) is 37.6 Å². The quantitative estimate of drug-likeness (QED) is 0.435. The molecule has 2 aromatic rings. The zero-order chi connectivity index (χ0) is 18.0. The Labute approximate surface area is 159 Å². The third-order valence-corrected chi connectivity index (χ3v) is 6.59. The van der Waals surface area contributed by atoms with Gasteiger partial charge in [-0.05, 0) is 0 Å². The average molecular weight is 408 g/mol. The molecule has 1 saturated carbocycles. The molecular weight excluding hydrogens is 389 g/mol. The first kappa shape index (κ1) is 17.1. The molecule has 2 amide bonds. The molecule has 1 fully saturated rings. The van der Waals surface area contributed by atoms with Crippen molar-refractivity contribution in [2.75, 3.05) is 0 Å². The van der Waals surface area contributed by atoms with Gasteiger partial charge in [0.15, 0.2) is 0 Å². The number of rotatable bonds is 2. The molecule has 0 spiro atoms. The van der Waals surface area contributed by atoms with Crippen LogP contribution < -0.4 is 4.46 Å². The molecule has 1 aliphatic carbocycles. The molecule has 0 N–H and O–H groups in total. The van der Waals surface area contributed by atoms with Crippen molar-refractivity contribution >= 4 is 31.2 Å². The third kappa shape index (κ3) is 2.98. The molecule has 4 heteroatoms. The Morgan fingerprint density at radius 3 is 2.00 bits per heavy atom. The van der Waals surface area contributed by atoms with Crippen molar-refractivity contribution in [3.8, 4) is 10.7 Å². The van der Waals surface area contributed by atoms with Crippen molar-refractivity contribution < 1.29 is 9.59 Å². The van der Waals surface area contributed by atoms with Gasteiger partial charge in [0.25, 0.3) is 0 Å². The molecule has 0 aromatic heterocycles. The Morgan fingerprint density at radius 2 is 1.38 bits per heavy atom. The predicted molar refractivity (Wildman–Crippen MR) is 102 cm³/mol. The van der Waals surface area contributed by atoms with Crippen LogP contribution in [0.4, 0.5) is 0 Å². The van der Waals surface area contributed by atoms with Crippen LogP contribution in [0.25, 0.3) is 0 Å². The summed E-state index contributed by atoms with van der Waals surface area (Å²) in [5.41, 5.74) is 0.373. The monoisotopic (exact) mass is 409 g/mol. The maximum absolute atomic E-state index is 13.0. The summed E-state index contributed by atoms with van der Waals surface area (Å²) in [7, 11) is 0. The van der Waals surface area contributed by atoms with E-state index in [9.17, 15) is 9.59 Å². The maximum atomic E-state index is 13.0. The molecule has 2 aliphatic rings. The minimum atomic E-state index is -0.651. The van der Waals surface area contributed by atoms with Crippen LogP contribution in [0.1, 0.15) is 52.8 Å². The first-order valence-corrected chi connectivity index (χ1v) is 10.6. The molecule has 0 radical (unpaired) electrons. The van der Waals surface area contributed by atoms with Crippen LogP contribution in [0.15, 0.2) is 54.6 Å². The summed E-state index contributed by atoms with van der Waals surface area (Å²) in [6, 6.07) is 17.3. The summed E-state index contributed by atoms with van der Waals surface area (Å²) in [6.45, 7) is 0. The molecule has 0 atom stereocenters. The van der Waals surface area contributed by atoms with Gasteiger partial charge in [-0.15, -0.1) is 0 Å². The van der Waals surface area contributed by atoms with Gasteiger partial charge < -0.3 is 0 Å². The van der Waals surface area contributed by atoms with Gasteiger partial charge in [-0.2, -0.15) is 0 Å². The number of hydrogen-bond acceptors (Lipinski definition) is 2. The summed E-state index contributed by atoms with van der Waals surface area (Å²) in [5, 5.41) is 0. The average Bonchev–Trinajstić information content (AvgIpc) is 2.95. The van der Waals surface area contributed by atoms with Crippen LogP contribution in [-0.4, -0.2) is 37.2 Å². The van der Waals surface area contributed by atoms with E-state index in [1.165, 1.54) is 9.36 Å². The van der Waals surface area contributed by atoms with Gasteiger partial charge >= 0.3 is 160 Å². The van der Waals surface area contributed by atoms with Crippen molar-refractivity contribution in [3.63, 3.8) is 0 Å². The third-order valence-electron chi connectivity index (χ3n) is 5.10. The van der Waals surface area contributed by atoms with E-state index >= 15 is 0 Å². The molecule has 4 rings (SSSR count). The summed E-state index contributed by atoms with van der Waals surface area (Å²) < 4.78 is 1.21. The summed E-state index contributed by atoms with van der Waals surface area (Å²) in [6.07, 6.45) is 4.68. The first-order valence-electron chi connectivity index (χ1n) is 8.93. The second-order valence-electron chi connectivity index (χ2n) is 6.73. The fourth-order valence-electron chi connectivity index (χ4n) is 3.79. The second kappa shape index (κ2) is 7.11.